The fourth-order valence-electron chi connectivity index (χ4n) is 5.84. The van der Waals surface area contributed by atoms with Gasteiger partial charge in [0.05, 0.1) is 24.4 Å². The van der Waals surface area contributed by atoms with Gasteiger partial charge in [-0.3, -0.25) is 14.4 Å². The topological polar surface area (TPSA) is 70.9 Å². The molecule has 0 aliphatic carbocycles. The number of unbranched alkanes of at least 4 members (excludes halogenated alkanes) is 1. The Morgan fingerprint density at radius 1 is 1.10 bits per heavy atom. The van der Waals surface area contributed by atoms with Gasteiger partial charge >= 0.3 is 6.09 Å². The normalized spacial score (nSPS) is 20.3. The molecule has 5 rings (SSSR count). The van der Waals surface area contributed by atoms with Crippen LogP contribution in [0.25, 0.3) is 10.9 Å². The predicted molar refractivity (Wildman–Crippen MR) is 159 cm³/mol. The van der Waals surface area contributed by atoms with E-state index < -0.39 is 6.04 Å². The zero-order chi connectivity index (χ0) is 28.4. The summed E-state index contributed by atoms with van der Waals surface area (Å²) in [5.74, 6) is 0.0271. The number of carbonyl (C=O) groups is 2. The zero-order valence-electron chi connectivity index (χ0n) is 23.4. The van der Waals surface area contributed by atoms with Crippen LogP contribution in [0.1, 0.15) is 58.1 Å². The van der Waals surface area contributed by atoms with Crippen molar-refractivity contribution in [3.05, 3.63) is 58.2 Å². The highest BCUT2D eigenvalue weighted by atomic mass is 35.5. The van der Waals surface area contributed by atoms with Crippen LogP contribution < -0.4 is 4.90 Å². The maximum absolute atomic E-state index is 13.6. The number of aromatic nitrogens is 2. The number of fused-ring (bicyclic) bond motifs is 1. The van der Waals surface area contributed by atoms with Crippen molar-refractivity contribution in [2.24, 2.45) is 0 Å². The molecule has 2 amide bonds. The molecule has 0 saturated carbocycles. The lowest BCUT2D eigenvalue weighted by molar-refractivity contribution is -0.138. The number of hydrogen-bond acceptors (Lipinski definition) is 5. The van der Waals surface area contributed by atoms with Crippen molar-refractivity contribution in [3.8, 4) is 0 Å². The molecule has 1 aromatic heterocycles. The fourth-order valence-corrected chi connectivity index (χ4v) is 6.41. The Hall–Kier alpha value is -2.97. The van der Waals surface area contributed by atoms with E-state index >= 15 is 0 Å². The van der Waals surface area contributed by atoms with Crippen molar-refractivity contribution in [1.29, 1.82) is 0 Å². The third-order valence-corrected chi connectivity index (χ3v) is 8.70. The summed E-state index contributed by atoms with van der Waals surface area (Å²) in [5.41, 5.74) is 3.06. The van der Waals surface area contributed by atoms with Crippen molar-refractivity contribution in [2.75, 3.05) is 37.7 Å². The van der Waals surface area contributed by atoms with Gasteiger partial charge in [0, 0.05) is 53.3 Å². The van der Waals surface area contributed by atoms with E-state index in [0.29, 0.717) is 49.3 Å². The smallest absolute Gasteiger partial charge is 0.410 e. The third kappa shape index (κ3) is 5.75. The van der Waals surface area contributed by atoms with Crippen molar-refractivity contribution >= 4 is 51.8 Å². The lowest BCUT2D eigenvalue weighted by atomic mass is 10.1. The number of rotatable bonds is 7. The second-order valence-electron chi connectivity index (χ2n) is 10.8. The Labute approximate surface area is 245 Å². The van der Waals surface area contributed by atoms with Crippen LogP contribution in [0.2, 0.25) is 10.0 Å². The van der Waals surface area contributed by atoms with E-state index in [0.717, 1.165) is 41.4 Å². The molecule has 0 bridgehead atoms. The number of anilines is 1. The van der Waals surface area contributed by atoms with Gasteiger partial charge in [-0.2, -0.15) is 5.10 Å². The first-order chi connectivity index (χ1) is 19.3. The number of likely N-dealkylation sites (tertiary alicyclic amines) is 1. The van der Waals surface area contributed by atoms with Crippen molar-refractivity contribution < 1.29 is 14.3 Å². The summed E-state index contributed by atoms with van der Waals surface area (Å²) in [6.07, 6.45) is 4.81. The Morgan fingerprint density at radius 3 is 2.67 bits per heavy atom. The van der Waals surface area contributed by atoms with Gasteiger partial charge in [-0.25, -0.2) is 4.79 Å². The van der Waals surface area contributed by atoms with E-state index in [1.165, 1.54) is 0 Å². The first-order valence-corrected chi connectivity index (χ1v) is 14.9. The average Bonchev–Trinajstić information content (AvgIpc) is 3.60. The number of halogens is 2. The van der Waals surface area contributed by atoms with Crippen LogP contribution in [-0.2, 0) is 9.53 Å². The highest BCUT2D eigenvalue weighted by Gasteiger charge is 2.40. The average molecular weight is 587 g/mol. The summed E-state index contributed by atoms with van der Waals surface area (Å²) in [7, 11) is 0. The van der Waals surface area contributed by atoms with E-state index in [4.69, 9.17) is 27.9 Å². The minimum atomic E-state index is -0.435. The van der Waals surface area contributed by atoms with Gasteiger partial charge in [-0.1, -0.05) is 42.6 Å². The summed E-state index contributed by atoms with van der Waals surface area (Å²) in [4.78, 5) is 32.1. The van der Waals surface area contributed by atoms with E-state index in [1.54, 1.807) is 11.0 Å². The molecule has 2 aliphatic rings. The highest BCUT2D eigenvalue weighted by molar-refractivity contribution is 6.35. The van der Waals surface area contributed by atoms with Crippen molar-refractivity contribution in [1.82, 2.24) is 19.6 Å². The zero-order valence-corrected chi connectivity index (χ0v) is 24.9. The molecule has 0 radical (unpaired) electrons. The van der Waals surface area contributed by atoms with Crippen LogP contribution in [0.15, 0.2) is 42.6 Å². The molecule has 0 N–H and O–H groups in total. The molecule has 0 unspecified atom stereocenters. The van der Waals surface area contributed by atoms with Crippen molar-refractivity contribution in [2.45, 2.75) is 64.6 Å². The molecular weight excluding hydrogens is 549 g/mol. The fraction of sp³-hybridized carbons (Fsp3) is 0.500. The molecule has 8 nitrogen and oxygen atoms in total. The molecule has 3 aromatic rings. The van der Waals surface area contributed by atoms with Crippen LogP contribution in [0.3, 0.4) is 0 Å². The lowest BCUT2D eigenvalue weighted by Crippen LogP contribution is -2.58. The molecule has 2 aliphatic heterocycles. The Morgan fingerprint density at radius 2 is 1.93 bits per heavy atom. The summed E-state index contributed by atoms with van der Waals surface area (Å²) in [6, 6.07) is 11.4. The summed E-state index contributed by atoms with van der Waals surface area (Å²) >= 11 is 12.6. The quantitative estimate of drug-likeness (QED) is 0.300. The van der Waals surface area contributed by atoms with Crippen LogP contribution in [0.4, 0.5) is 10.5 Å². The molecule has 2 saturated heterocycles. The number of amides is 2. The summed E-state index contributed by atoms with van der Waals surface area (Å²) in [5, 5.41) is 6.94. The molecule has 2 fully saturated rings. The number of nitrogens with zero attached hydrogens (tertiary/aromatic N) is 5. The summed E-state index contributed by atoms with van der Waals surface area (Å²) in [6.45, 7) is 9.20. The van der Waals surface area contributed by atoms with E-state index in [9.17, 15) is 9.59 Å². The van der Waals surface area contributed by atoms with Gasteiger partial charge in [-0.15, -0.1) is 0 Å². The van der Waals surface area contributed by atoms with Gasteiger partial charge in [0.15, 0.2) is 0 Å². The largest absolute Gasteiger partial charge is 0.449 e. The molecular formula is C30H37Cl2N5O3. The maximum Gasteiger partial charge on any atom is 0.410 e. The van der Waals surface area contributed by atoms with Crippen LogP contribution >= 0.6 is 23.2 Å². The molecule has 214 valence electrons. The van der Waals surface area contributed by atoms with Gasteiger partial charge < -0.3 is 14.5 Å². The molecule has 10 heteroatoms. The van der Waals surface area contributed by atoms with E-state index in [2.05, 4.69) is 49.0 Å². The molecule has 3 heterocycles. The highest BCUT2D eigenvalue weighted by Crippen LogP contribution is 2.32. The monoisotopic (exact) mass is 585 g/mol. The first kappa shape index (κ1) is 28.6. The van der Waals surface area contributed by atoms with Gasteiger partial charge in [-0.05, 0) is 69.0 Å². The predicted octanol–water partition coefficient (Wildman–Crippen LogP) is 6.39. The Kier molecular flexibility index (Phi) is 8.76. The standard InChI is InChI=1S/C30H37Cl2N5O3/c1-4-5-15-40-30(39)36-12-6-7-27(36)29(38)35-14-13-34(19-20(35)2)24-10-8-22-18-33-37(28(22)17-24)21(3)25-11-9-23(31)16-26(25)32/h8-11,16-18,20-21,27H,4-7,12-15,19H2,1-3H3/t20-,21-,27-/m1/s1. The van der Waals surface area contributed by atoms with Gasteiger partial charge in [0.2, 0.25) is 5.91 Å². The van der Waals surface area contributed by atoms with E-state index in [1.807, 2.05) is 27.9 Å². The van der Waals surface area contributed by atoms with Crippen LogP contribution in [0, 0.1) is 0 Å². The molecule has 2 aromatic carbocycles. The maximum atomic E-state index is 13.6. The van der Waals surface area contributed by atoms with Crippen molar-refractivity contribution in [3.63, 3.8) is 0 Å². The third-order valence-electron chi connectivity index (χ3n) is 8.13. The van der Waals surface area contributed by atoms with Crippen LogP contribution in [-0.4, -0.2) is 76.5 Å². The molecule has 0 spiro atoms. The van der Waals surface area contributed by atoms with Gasteiger partial charge in [0.25, 0.3) is 0 Å². The Bertz CT molecular complexity index is 1380. The number of piperazine rings is 1. The number of benzene rings is 2. The number of ether oxygens (including phenoxy) is 1. The molecule has 3 atom stereocenters. The minimum absolute atomic E-state index is 0.00668. The Balaban J connectivity index is 1.28. The second kappa shape index (κ2) is 12.3. The lowest BCUT2D eigenvalue weighted by Gasteiger charge is -2.42. The minimum Gasteiger partial charge on any atom is -0.449 e. The first-order valence-electron chi connectivity index (χ1n) is 14.2. The molecule has 40 heavy (non-hydrogen) atoms. The number of hydrogen-bond donors (Lipinski definition) is 0. The summed E-state index contributed by atoms with van der Waals surface area (Å²) < 4.78 is 7.41. The second-order valence-corrected chi connectivity index (χ2v) is 11.7. The number of carbonyl (C=O) groups excluding carboxylic acids is 2. The van der Waals surface area contributed by atoms with E-state index in [-0.39, 0.29) is 24.1 Å². The van der Waals surface area contributed by atoms with Crippen LogP contribution in [0.5, 0.6) is 0 Å². The van der Waals surface area contributed by atoms with Gasteiger partial charge in [0.1, 0.15) is 6.04 Å². The SMILES string of the molecule is CCCCOC(=O)N1CCC[C@@H]1C(=O)N1CCN(c2ccc3cnn([C@H](C)c4ccc(Cl)cc4Cl)c3c2)C[C@H]1C.